The van der Waals surface area contributed by atoms with Crippen molar-refractivity contribution in [3.63, 3.8) is 0 Å². The molecule has 10 heteroatoms. The van der Waals surface area contributed by atoms with E-state index >= 15 is 0 Å². The van der Waals surface area contributed by atoms with Crippen molar-refractivity contribution in [2.24, 2.45) is 13.0 Å². The third-order valence-corrected chi connectivity index (χ3v) is 4.58. The Morgan fingerprint density at radius 1 is 1.31 bits per heavy atom. The van der Waals surface area contributed by atoms with Gasteiger partial charge in [-0.1, -0.05) is 0 Å². The largest absolute Gasteiger partial charge is 0.434 e. The molecule has 4 rings (SSSR count). The van der Waals surface area contributed by atoms with E-state index in [1.54, 1.807) is 14.0 Å². The molecule has 0 aliphatic carbocycles. The van der Waals surface area contributed by atoms with E-state index in [0.717, 1.165) is 4.40 Å². The predicted molar refractivity (Wildman–Crippen MR) is 85.7 cm³/mol. The van der Waals surface area contributed by atoms with Crippen molar-refractivity contribution in [3.05, 3.63) is 40.3 Å². The highest BCUT2D eigenvalue weighted by Gasteiger charge is 2.39. The lowest BCUT2D eigenvalue weighted by atomic mass is 10.1. The number of alkyl halides is 3. The van der Waals surface area contributed by atoms with Crippen LogP contribution in [-0.4, -0.2) is 36.9 Å². The summed E-state index contributed by atoms with van der Waals surface area (Å²) in [6, 6.07) is 0. The van der Waals surface area contributed by atoms with Crippen LogP contribution < -0.4 is 5.56 Å². The van der Waals surface area contributed by atoms with Gasteiger partial charge in [0.2, 0.25) is 5.78 Å². The molecule has 0 unspecified atom stereocenters. The second-order valence-corrected chi connectivity index (χ2v) is 6.49. The second kappa shape index (κ2) is 5.70. The predicted octanol–water partition coefficient (Wildman–Crippen LogP) is 1.87. The zero-order chi connectivity index (χ0) is 18.6. The Hall–Kier alpha value is -2.62. The van der Waals surface area contributed by atoms with Gasteiger partial charge in [0.1, 0.15) is 0 Å². The molecule has 0 atom stereocenters. The van der Waals surface area contributed by atoms with E-state index < -0.39 is 23.0 Å². The first kappa shape index (κ1) is 16.8. The summed E-state index contributed by atoms with van der Waals surface area (Å²) in [5.41, 5.74) is -1.73. The average molecular weight is 367 g/mol. The molecule has 1 saturated heterocycles. The number of rotatable bonds is 3. The van der Waals surface area contributed by atoms with Gasteiger partial charge < -0.3 is 9.30 Å². The first-order valence-corrected chi connectivity index (χ1v) is 8.02. The SMILES string of the molecule is Cc1cn2c(=O)c(-c3cnn(CC4COC4)c3)c(C(F)(F)F)nc2n1C. The van der Waals surface area contributed by atoms with E-state index in [0.29, 0.717) is 25.5 Å². The van der Waals surface area contributed by atoms with Gasteiger partial charge in [0.25, 0.3) is 5.56 Å². The number of ether oxygens (including phenoxy) is 1. The number of hydrogen-bond donors (Lipinski definition) is 0. The van der Waals surface area contributed by atoms with Crippen molar-refractivity contribution in [3.8, 4) is 11.1 Å². The van der Waals surface area contributed by atoms with Crippen LogP contribution in [0.25, 0.3) is 16.9 Å². The lowest BCUT2D eigenvalue weighted by molar-refractivity contribution is -0.140. The topological polar surface area (TPSA) is 66.3 Å². The lowest BCUT2D eigenvalue weighted by Crippen LogP contribution is -2.31. The summed E-state index contributed by atoms with van der Waals surface area (Å²) in [6.45, 7) is 3.42. The van der Waals surface area contributed by atoms with E-state index in [9.17, 15) is 18.0 Å². The Morgan fingerprint density at radius 3 is 2.65 bits per heavy atom. The third-order valence-electron chi connectivity index (χ3n) is 4.58. The standard InChI is InChI=1S/C16H16F3N5O2/c1-9-4-24-14(25)12(13(16(17,18)19)21-15(24)22(9)2)11-3-20-23(6-11)5-10-7-26-8-10/h3-4,6,10H,5,7-8H2,1-2H3. The van der Waals surface area contributed by atoms with Crippen molar-refractivity contribution < 1.29 is 17.9 Å². The van der Waals surface area contributed by atoms with E-state index in [4.69, 9.17) is 4.74 Å². The van der Waals surface area contributed by atoms with E-state index in [2.05, 4.69) is 10.1 Å². The normalized spacial score (nSPS) is 15.6. The van der Waals surface area contributed by atoms with E-state index in [-0.39, 0.29) is 17.3 Å². The fourth-order valence-corrected chi connectivity index (χ4v) is 3.02. The first-order valence-electron chi connectivity index (χ1n) is 8.02. The van der Waals surface area contributed by atoms with Gasteiger partial charge in [-0.15, -0.1) is 0 Å². The summed E-state index contributed by atoms with van der Waals surface area (Å²) in [4.78, 5) is 16.6. The molecule has 1 aliphatic heterocycles. The van der Waals surface area contributed by atoms with Gasteiger partial charge in [0.15, 0.2) is 5.69 Å². The minimum absolute atomic E-state index is 0.0532. The van der Waals surface area contributed by atoms with Crippen molar-refractivity contribution in [2.45, 2.75) is 19.6 Å². The molecule has 1 fully saturated rings. The molecule has 4 heterocycles. The molecule has 26 heavy (non-hydrogen) atoms. The van der Waals surface area contributed by atoms with Crippen LogP contribution in [0.1, 0.15) is 11.4 Å². The number of aryl methyl sites for hydroxylation is 2. The number of fused-ring (bicyclic) bond motifs is 1. The first-order chi connectivity index (χ1) is 12.3. The highest BCUT2D eigenvalue weighted by Crippen LogP contribution is 2.34. The Bertz CT molecular complexity index is 1040. The van der Waals surface area contributed by atoms with Gasteiger partial charge in [-0.05, 0) is 6.92 Å². The molecule has 7 nitrogen and oxygen atoms in total. The molecule has 0 amide bonds. The fourth-order valence-electron chi connectivity index (χ4n) is 3.02. The van der Waals surface area contributed by atoms with Crippen LogP contribution in [0.2, 0.25) is 0 Å². The molecule has 0 aromatic carbocycles. The average Bonchev–Trinajstić information content (AvgIpc) is 3.09. The van der Waals surface area contributed by atoms with Crippen molar-refractivity contribution >= 4 is 5.78 Å². The molecule has 0 spiro atoms. The Kier molecular flexibility index (Phi) is 3.69. The number of aromatic nitrogens is 5. The highest BCUT2D eigenvalue weighted by molar-refractivity contribution is 5.65. The van der Waals surface area contributed by atoms with Gasteiger partial charge in [-0.3, -0.25) is 13.9 Å². The Morgan fingerprint density at radius 2 is 2.04 bits per heavy atom. The summed E-state index contributed by atoms with van der Waals surface area (Å²) in [6.07, 6.45) is -0.556. The summed E-state index contributed by atoms with van der Waals surface area (Å²) in [5, 5.41) is 4.09. The quantitative estimate of drug-likeness (QED) is 0.709. The molecule has 0 bridgehead atoms. The van der Waals surface area contributed by atoms with Crippen LogP contribution in [0.3, 0.4) is 0 Å². The van der Waals surface area contributed by atoms with Gasteiger partial charge in [-0.2, -0.15) is 18.3 Å². The summed E-state index contributed by atoms with van der Waals surface area (Å²) in [5.74, 6) is 0.228. The van der Waals surface area contributed by atoms with Gasteiger partial charge >= 0.3 is 6.18 Å². The Labute approximate surface area is 145 Å². The number of hydrogen-bond acceptors (Lipinski definition) is 4. The zero-order valence-corrected chi connectivity index (χ0v) is 14.1. The van der Waals surface area contributed by atoms with Crippen molar-refractivity contribution in [1.29, 1.82) is 0 Å². The molecule has 0 radical (unpaired) electrons. The Balaban J connectivity index is 1.90. The maximum Gasteiger partial charge on any atom is 0.434 e. The molecule has 0 saturated carbocycles. The van der Waals surface area contributed by atoms with Gasteiger partial charge in [0, 0.05) is 43.2 Å². The highest BCUT2D eigenvalue weighted by atomic mass is 19.4. The maximum atomic E-state index is 13.6. The molecule has 3 aromatic rings. The van der Waals surface area contributed by atoms with Crippen LogP contribution in [0.5, 0.6) is 0 Å². The summed E-state index contributed by atoms with van der Waals surface area (Å²) >= 11 is 0. The monoisotopic (exact) mass is 367 g/mol. The maximum absolute atomic E-state index is 13.6. The number of imidazole rings is 1. The van der Waals surface area contributed by atoms with Crippen LogP contribution in [0.4, 0.5) is 13.2 Å². The number of nitrogens with zero attached hydrogens (tertiary/aromatic N) is 5. The lowest BCUT2D eigenvalue weighted by Gasteiger charge is -2.25. The molecular weight excluding hydrogens is 351 g/mol. The second-order valence-electron chi connectivity index (χ2n) is 6.49. The van der Waals surface area contributed by atoms with E-state index in [1.807, 2.05) is 0 Å². The van der Waals surface area contributed by atoms with Crippen LogP contribution >= 0.6 is 0 Å². The molecule has 1 aliphatic rings. The number of halogens is 3. The van der Waals surface area contributed by atoms with Crippen LogP contribution in [0.15, 0.2) is 23.4 Å². The minimum Gasteiger partial charge on any atom is -0.381 e. The summed E-state index contributed by atoms with van der Waals surface area (Å²) in [7, 11) is 1.57. The molecule has 0 N–H and O–H groups in total. The van der Waals surface area contributed by atoms with Gasteiger partial charge in [0.05, 0.1) is 25.0 Å². The van der Waals surface area contributed by atoms with Gasteiger partial charge in [-0.25, -0.2) is 4.98 Å². The molecule has 138 valence electrons. The van der Waals surface area contributed by atoms with Crippen LogP contribution in [0, 0.1) is 12.8 Å². The fraction of sp³-hybridized carbons (Fsp3) is 0.438. The van der Waals surface area contributed by atoms with E-state index in [1.165, 1.54) is 27.8 Å². The van der Waals surface area contributed by atoms with Crippen LogP contribution in [-0.2, 0) is 24.5 Å². The summed E-state index contributed by atoms with van der Waals surface area (Å²) < 4.78 is 50.0. The third kappa shape index (κ3) is 2.61. The zero-order valence-electron chi connectivity index (χ0n) is 14.1. The smallest absolute Gasteiger partial charge is 0.381 e. The molecular formula is C16H16F3N5O2. The minimum atomic E-state index is -4.76. The van der Waals surface area contributed by atoms with Crippen molar-refractivity contribution in [1.82, 2.24) is 23.7 Å². The molecule has 3 aromatic heterocycles. The van der Waals surface area contributed by atoms with Crippen molar-refractivity contribution in [2.75, 3.05) is 13.2 Å².